The number of aryl methyl sites for hydroxylation is 1. The maximum absolute atomic E-state index is 11.1. The minimum absolute atomic E-state index is 0.165. The van der Waals surface area contributed by atoms with Crippen LogP contribution >= 0.6 is 0 Å². The minimum Gasteiger partial charge on any atom is -0.369 e. The maximum Gasteiger partial charge on any atom is 0.257 e. The Hall–Kier alpha value is -2.21. The van der Waals surface area contributed by atoms with Crippen molar-refractivity contribution in [3.63, 3.8) is 0 Å². The monoisotopic (exact) mass is 288 g/mol. The first-order valence-corrected chi connectivity index (χ1v) is 6.87. The van der Waals surface area contributed by atoms with Gasteiger partial charge >= 0.3 is 0 Å². The molecular weight excluding hydrogens is 268 g/mol. The molecule has 112 valence electrons. The average molecular weight is 288 g/mol. The van der Waals surface area contributed by atoms with Crippen LogP contribution in [0.25, 0.3) is 11.5 Å². The number of benzene rings is 1. The first-order valence-electron chi connectivity index (χ1n) is 6.87. The summed E-state index contributed by atoms with van der Waals surface area (Å²) in [5.41, 5.74) is 7.27. The molecule has 1 heterocycles. The highest BCUT2D eigenvalue weighted by Gasteiger charge is 2.17. The van der Waals surface area contributed by atoms with Gasteiger partial charge in [0.05, 0.1) is 13.1 Å². The Labute approximate surface area is 123 Å². The van der Waals surface area contributed by atoms with Crippen molar-refractivity contribution in [2.24, 2.45) is 5.73 Å². The zero-order valence-electron chi connectivity index (χ0n) is 12.5. The standard InChI is InChI=1S/C15H20N4O2/c1-10(2)19(8-13(16)20)9-14-17-15(21-18-14)12-6-4-5-11(3)7-12/h4-7,10H,8-9H2,1-3H3,(H2,16,20). The first-order chi connectivity index (χ1) is 9.95. The summed E-state index contributed by atoms with van der Waals surface area (Å²) < 4.78 is 5.29. The molecule has 1 aromatic heterocycles. The third kappa shape index (κ3) is 4.13. The number of carbonyl (C=O) groups is 1. The number of aromatic nitrogens is 2. The molecule has 0 atom stereocenters. The number of rotatable bonds is 6. The molecule has 0 unspecified atom stereocenters. The molecule has 2 rings (SSSR count). The molecule has 1 amide bonds. The van der Waals surface area contributed by atoms with E-state index in [4.69, 9.17) is 10.3 Å². The van der Waals surface area contributed by atoms with Crippen LogP contribution in [-0.4, -0.2) is 33.5 Å². The van der Waals surface area contributed by atoms with Crippen molar-refractivity contribution in [2.45, 2.75) is 33.4 Å². The van der Waals surface area contributed by atoms with Crippen molar-refractivity contribution in [3.8, 4) is 11.5 Å². The van der Waals surface area contributed by atoms with E-state index in [9.17, 15) is 4.79 Å². The number of amides is 1. The SMILES string of the molecule is Cc1cccc(-c2nc(CN(CC(N)=O)C(C)C)no2)c1. The minimum atomic E-state index is -0.369. The number of hydrogen-bond acceptors (Lipinski definition) is 5. The summed E-state index contributed by atoms with van der Waals surface area (Å²) in [6.45, 7) is 6.59. The summed E-state index contributed by atoms with van der Waals surface area (Å²) in [5, 5.41) is 3.97. The van der Waals surface area contributed by atoms with Crippen LogP contribution in [0.15, 0.2) is 28.8 Å². The van der Waals surface area contributed by atoms with E-state index < -0.39 is 0 Å². The van der Waals surface area contributed by atoms with Gasteiger partial charge in [-0.05, 0) is 32.9 Å². The Bertz CT molecular complexity index is 622. The van der Waals surface area contributed by atoms with Crippen molar-refractivity contribution in [3.05, 3.63) is 35.7 Å². The van der Waals surface area contributed by atoms with Crippen LogP contribution in [-0.2, 0) is 11.3 Å². The van der Waals surface area contributed by atoms with Crippen LogP contribution in [0.1, 0.15) is 25.2 Å². The summed E-state index contributed by atoms with van der Waals surface area (Å²) >= 11 is 0. The van der Waals surface area contributed by atoms with Crippen molar-refractivity contribution in [1.82, 2.24) is 15.0 Å². The second-order valence-corrected chi connectivity index (χ2v) is 5.35. The highest BCUT2D eigenvalue weighted by molar-refractivity contribution is 5.75. The molecule has 2 aromatic rings. The predicted octanol–water partition coefficient (Wildman–Crippen LogP) is 1.74. The second kappa shape index (κ2) is 6.49. The van der Waals surface area contributed by atoms with Gasteiger partial charge in [-0.3, -0.25) is 9.69 Å². The van der Waals surface area contributed by atoms with E-state index in [1.165, 1.54) is 0 Å². The lowest BCUT2D eigenvalue weighted by atomic mass is 10.1. The van der Waals surface area contributed by atoms with Crippen LogP contribution in [0.4, 0.5) is 0 Å². The maximum atomic E-state index is 11.1. The summed E-state index contributed by atoms with van der Waals surface area (Å²) in [5.74, 6) is 0.657. The number of nitrogens with zero attached hydrogens (tertiary/aromatic N) is 3. The molecule has 6 nitrogen and oxygen atoms in total. The van der Waals surface area contributed by atoms with E-state index in [0.29, 0.717) is 18.3 Å². The summed E-state index contributed by atoms with van der Waals surface area (Å²) in [6, 6.07) is 8.03. The molecular formula is C15H20N4O2. The Balaban J connectivity index is 2.14. The molecule has 21 heavy (non-hydrogen) atoms. The molecule has 1 aromatic carbocycles. The van der Waals surface area contributed by atoms with E-state index in [2.05, 4.69) is 10.1 Å². The molecule has 0 saturated heterocycles. The first kappa shape index (κ1) is 15.2. The summed E-state index contributed by atoms with van der Waals surface area (Å²) in [6.07, 6.45) is 0. The molecule has 0 radical (unpaired) electrons. The third-order valence-corrected chi connectivity index (χ3v) is 3.17. The molecule has 0 aliphatic rings. The molecule has 0 aliphatic carbocycles. The van der Waals surface area contributed by atoms with Gasteiger partial charge in [0.15, 0.2) is 5.82 Å². The Morgan fingerprint density at radius 1 is 1.43 bits per heavy atom. The zero-order valence-corrected chi connectivity index (χ0v) is 12.5. The molecule has 0 spiro atoms. The van der Waals surface area contributed by atoms with Gasteiger partial charge in [-0.15, -0.1) is 0 Å². The van der Waals surface area contributed by atoms with Gasteiger partial charge in [0.1, 0.15) is 0 Å². The predicted molar refractivity (Wildman–Crippen MR) is 79.2 cm³/mol. The molecule has 2 N–H and O–H groups in total. The van der Waals surface area contributed by atoms with Gasteiger partial charge in [-0.1, -0.05) is 22.9 Å². The Morgan fingerprint density at radius 2 is 2.19 bits per heavy atom. The van der Waals surface area contributed by atoms with Gasteiger partial charge in [-0.2, -0.15) is 4.98 Å². The molecule has 0 saturated carbocycles. The van der Waals surface area contributed by atoms with E-state index >= 15 is 0 Å². The van der Waals surface area contributed by atoms with Gasteiger partial charge < -0.3 is 10.3 Å². The van der Waals surface area contributed by atoms with Gasteiger partial charge in [0, 0.05) is 11.6 Å². The molecule has 0 aliphatic heterocycles. The largest absolute Gasteiger partial charge is 0.369 e. The van der Waals surface area contributed by atoms with E-state index in [1.54, 1.807) is 0 Å². The quantitative estimate of drug-likeness (QED) is 0.875. The van der Waals surface area contributed by atoms with Crippen LogP contribution in [0, 0.1) is 6.92 Å². The van der Waals surface area contributed by atoms with E-state index in [-0.39, 0.29) is 18.5 Å². The second-order valence-electron chi connectivity index (χ2n) is 5.35. The lowest BCUT2D eigenvalue weighted by molar-refractivity contribution is -0.119. The van der Waals surface area contributed by atoms with Crippen LogP contribution in [0.3, 0.4) is 0 Å². The van der Waals surface area contributed by atoms with Gasteiger partial charge in [0.25, 0.3) is 5.89 Å². The number of nitrogens with two attached hydrogens (primary N) is 1. The van der Waals surface area contributed by atoms with Crippen LogP contribution in [0.5, 0.6) is 0 Å². The van der Waals surface area contributed by atoms with Crippen LogP contribution < -0.4 is 5.73 Å². The smallest absolute Gasteiger partial charge is 0.257 e. The van der Waals surface area contributed by atoms with Gasteiger partial charge in [-0.25, -0.2) is 0 Å². The lowest BCUT2D eigenvalue weighted by Crippen LogP contribution is -2.38. The zero-order chi connectivity index (χ0) is 15.4. The van der Waals surface area contributed by atoms with E-state index in [1.807, 2.05) is 49.9 Å². The fraction of sp³-hybridized carbons (Fsp3) is 0.400. The number of hydrogen-bond donors (Lipinski definition) is 1. The number of carbonyl (C=O) groups excluding carboxylic acids is 1. The fourth-order valence-electron chi connectivity index (χ4n) is 2.02. The Morgan fingerprint density at radius 3 is 2.81 bits per heavy atom. The highest BCUT2D eigenvalue weighted by atomic mass is 16.5. The summed E-state index contributed by atoms with van der Waals surface area (Å²) in [7, 11) is 0. The van der Waals surface area contributed by atoms with Crippen LogP contribution in [0.2, 0.25) is 0 Å². The van der Waals surface area contributed by atoms with Gasteiger partial charge in [0.2, 0.25) is 5.91 Å². The topological polar surface area (TPSA) is 85.3 Å². The van der Waals surface area contributed by atoms with Crippen molar-refractivity contribution in [1.29, 1.82) is 0 Å². The molecule has 0 bridgehead atoms. The third-order valence-electron chi connectivity index (χ3n) is 3.17. The normalized spacial score (nSPS) is 11.3. The van der Waals surface area contributed by atoms with E-state index in [0.717, 1.165) is 11.1 Å². The molecule has 0 fully saturated rings. The van der Waals surface area contributed by atoms with Crippen molar-refractivity contribution >= 4 is 5.91 Å². The average Bonchev–Trinajstić information content (AvgIpc) is 2.86. The number of primary amides is 1. The highest BCUT2D eigenvalue weighted by Crippen LogP contribution is 2.18. The summed E-state index contributed by atoms with van der Waals surface area (Å²) in [4.78, 5) is 17.4. The van der Waals surface area contributed by atoms with Crippen molar-refractivity contribution < 1.29 is 9.32 Å². The molecule has 6 heteroatoms. The van der Waals surface area contributed by atoms with Crippen molar-refractivity contribution in [2.75, 3.05) is 6.54 Å². The Kier molecular flexibility index (Phi) is 4.70. The fourth-order valence-corrected chi connectivity index (χ4v) is 2.02. The lowest BCUT2D eigenvalue weighted by Gasteiger charge is -2.22.